The van der Waals surface area contributed by atoms with Gasteiger partial charge in [-0.1, -0.05) is 6.42 Å². The number of aliphatic hydroxyl groups excluding tert-OH is 1. The Hall–Kier alpha value is -0.0800. The summed E-state index contributed by atoms with van der Waals surface area (Å²) in [4.78, 5) is 0. The van der Waals surface area contributed by atoms with Crippen molar-refractivity contribution in [3.63, 3.8) is 0 Å². The van der Waals surface area contributed by atoms with E-state index in [0.717, 1.165) is 13.2 Å². The average molecular weight is 184 g/mol. The van der Waals surface area contributed by atoms with Gasteiger partial charge in [-0.15, -0.1) is 0 Å². The van der Waals surface area contributed by atoms with Crippen molar-refractivity contribution in [2.45, 2.75) is 45.1 Å². The second-order valence-electron chi connectivity index (χ2n) is 4.71. The molecule has 0 radical (unpaired) electrons. The van der Waals surface area contributed by atoms with Gasteiger partial charge >= 0.3 is 0 Å². The summed E-state index contributed by atoms with van der Waals surface area (Å²) in [5, 5.41) is 9.73. The molecule has 2 nitrogen and oxygen atoms in total. The molecule has 2 fully saturated rings. The van der Waals surface area contributed by atoms with Crippen LogP contribution in [-0.4, -0.2) is 24.4 Å². The van der Waals surface area contributed by atoms with Crippen molar-refractivity contribution >= 4 is 0 Å². The molecule has 1 saturated carbocycles. The summed E-state index contributed by atoms with van der Waals surface area (Å²) in [7, 11) is 0. The van der Waals surface area contributed by atoms with Gasteiger partial charge in [0.2, 0.25) is 0 Å². The highest BCUT2D eigenvalue weighted by Gasteiger charge is 2.45. The molecule has 2 aliphatic rings. The van der Waals surface area contributed by atoms with E-state index in [-0.39, 0.29) is 6.10 Å². The van der Waals surface area contributed by atoms with Crippen molar-refractivity contribution in [3.05, 3.63) is 0 Å². The number of hydrogen-bond acceptors (Lipinski definition) is 2. The van der Waals surface area contributed by atoms with Gasteiger partial charge in [-0.2, -0.15) is 0 Å². The summed E-state index contributed by atoms with van der Waals surface area (Å²) in [6.45, 7) is 3.76. The van der Waals surface area contributed by atoms with Gasteiger partial charge in [0, 0.05) is 13.2 Å². The molecular formula is C11H20O2. The Morgan fingerprint density at radius 1 is 1.31 bits per heavy atom. The second-order valence-corrected chi connectivity index (χ2v) is 4.71. The van der Waals surface area contributed by atoms with Crippen molar-refractivity contribution < 1.29 is 9.84 Å². The van der Waals surface area contributed by atoms with Crippen molar-refractivity contribution in [2.75, 3.05) is 13.2 Å². The zero-order valence-corrected chi connectivity index (χ0v) is 8.46. The van der Waals surface area contributed by atoms with E-state index in [1.807, 2.05) is 6.92 Å². The number of hydrogen-bond donors (Lipinski definition) is 1. The van der Waals surface area contributed by atoms with Gasteiger partial charge < -0.3 is 9.84 Å². The number of aliphatic hydroxyl groups is 1. The SMILES string of the molecule is CC(O)C1CCCC12CCOCC2. The van der Waals surface area contributed by atoms with Crippen molar-refractivity contribution in [2.24, 2.45) is 11.3 Å². The highest BCUT2D eigenvalue weighted by atomic mass is 16.5. The largest absolute Gasteiger partial charge is 0.393 e. The minimum atomic E-state index is -0.124. The standard InChI is InChI=1S/C11H20O2/c1-9(12)10-3-2-4-11(10)5-7-13-8-6-11/h9-10,12H,2-8H2,1H3. The quantitative estimate of drug-likeness (QED) is 0.675. The summed E-state index contributed by atoms with van der Waals surface area (Å²) >= 11 is 0. The van der Waals surface area contributed by atoms with E-state index in [1.54, 1.807) is 0 Å². The molecule has 13 heavy (non-hydrogen) atoms. The first-order chi connectivity index (χ1) is 6.25. The Kier molecular flexibility index (Phi) is 2.61. The van der Waals surface area contributed by atoms with Crippen LogP contribution in [0, 0.1) is 11.3 Å². The van der Waals surface area contributed by atoms with Crippen LogP contribution >= 0.6 is 0 Å². The molecule has 0 aromatic rings. The Morgan fingerprint density at radius 2 is 2.00 bits per heavy atom. The van der Waals surface area contributed by atoms with E-state index in [4.69, 9.17) is 4.74 Å². The summed E-state index contributed by atoms with van der Waals surface area (Å²) in [6, 6.07) is 0. The average Bonchev–Trinajstić information content (AvgIpc) is 2.50. The van der Waals surface area contributed by atoms with Crippen LogP contribution < -0.4 is 0 Å². The molecule has 1 N–H and O–H groups in total. The van der Waals surface area contributed by atoms with Crippen LogP contribution in [0.25, 0.3) is 0 Å². The lowest BCUT2D eigenvalue weighted by Crippen LogP contribution is -2.37. The van der Waals surface area contributed by atoms with Crippen molar-refractivity contribution in [3.8, 4) is 0 Å². The predicted molar refractivity (Wildman–Crippen MR) is 51.5 cm³/mol. The van der Waals surface area contributed by atoms with Crippen molar-refractivity contribution in [1.82, 2.24) is 0 Å². The molecule has 0 bridgehead atoms. The topological polar surface area (TPSA) is 29.5 Å². The lowest BCUT2D eigenvalue weighted by atomic mass is 9.70. The van der Waals surface area contributed by atoms with Crippen LogP contribution in [0.1, 0.15) is 39.0 Å². The van der Waals surface area contributed by atoms with E-state index in [9.17, 15) is 5.11 Å². The lowest BCUT2D eigenvalue weighted by Gasteiger charge is -2.40. The molecule has 1 saturated heterocycles. The molecule has 2 unspecified atom stereocenters. The maximum atomic E-state index is 9.73. The minimum absolute atomic E-state index is 0.124. The first-order valence-corrected chi connectivity index (χ1v) is 5.50. The Balaban J connectivity index is 2.09. The lowest BCUT2D eigenvalue weighted by molar-refractivity contribution is -0.0388. The molecule has 2 heteroatoms. The molecule has 0 amide bonds. The first kappa shape index (κ1) is 9.47. The van der Waals surface area contributed by atoms with E-state index < -0.39 is 0 Å². The molecule has 2 rings (SSSR count). The summed E-state index contributed by atoms with van der Waals surface area (Å²) in [6.07, 6.45) is 6.05. The summed E-state index contributed by atoms with van der Waals surface area (Å²) in [5.74, 6) is 0.538. The van der Waals surface area contributed by atoms with Crippen LogP contribution in [0.2, 0.25) is 0 Å². The van der Waals surface area contributed by atoms with E-state index in [2.05, 4.69) is 0 Å². The molecule has 1 spiro atoms. The van der Waals surface area contributed by atoms with Gasteiger partial charge in [0.25, 0.3) is 0 Å². The molecule has 0 aromatic heterocycles. The third-order valence-corrected chi connectivity index (χ3v) is 4.05. The Labute approximate surface area is 80.3 Å². The maximum absolute atomic E-state index is 9.73. The zero-order valence-electron chi connectivity index (χ0n) is 8.46. The maximum Gasteiger partial charge on any atom is 0.0545 e. The summed E-state index contributed by atoms with van der Waals surface area (Å²) < 4.78 is 5.40. The third-order valence-electron chi connectivity index (χ3n) is 4.05. The Morgan fingerprint density at radius 3 is 2.62 bits per heavy atom. The highest BCUT2D eigenvalue weighted by Crippen LogP contribution is 2.51. The molecule has 0 aromatic carbocycles. The van der Waals surface area contributed by atoms with Crippen LogP contribution in [0.5, 0.6) is 0 Å². The Bertz CT molecular complexity index is 171. The molecule has 1 heterocycles. The number of ether oxygens (including phenoxy) is 1. The second kappa shape index (κ2) is 3.58. The van der Waals surface area contributed by atoms with Gasteiger partial charge in [-0.05, 0) is 43.9 Å². The molecular weight excluding hydrogens is 164 g/mol. The van der Waals surface area contributed by atoms with Gasteiger partial charge in [-0.25, -0.2) is 0 Å². The van der Waals surface area contributed by atoms with Crippen LogP contribution in [0.15, 0.2) is 0 Å². The minimum Gasteiger partial charge on any atom is -0.393 e. The van der Waals surface area contributed by atoms with Gasteiger partial charge in [0.05, 0.1) is 6.10 Å². The van der Waals surface area contributed by atoms with E-state index >= 15 is 0 Å². The fourth-order valence-corrected chi connectivity index (χ4v) is 3.32. The van der Waals surface area contributed by atoms with Gasteiger partial charge in [0.15, 0.2) is 0 Å². The molecule has 1 aliphatic heterocycles. The highest BCUT2D eigenvalue weighted by molar-refractivity contribution is 4.95. The van der Waals surface area contributed by atoms with Crippen LogP contribution in [-0.2, 0) is 4.74 Å². The molecule has 2 atom stereocenters. The third kappa shape index (κ3) is 1.62. The fraction of sp³-hybridized carbons (Fsp3) is 1.00. The van der Waals surface area contributed by atoms with Crippen molar-refractivity contribution in [1.29, 1.82) is 0 Å². The monoisotopic (exact) mass is 184 g/mol. The first-order valence-electron chi connectivity index (χ1n) is 5.50. The summed E-state index contributed by atoms with van der Waals surface area (Å²) in [5.41, 5.74) is 0.437. The zero-order chi connectivity index (χ0) is 9.31. The van der Waals surface area contributed by atoms with E-state index in [1.165, 1.54) is 32.1 Å². The van der Waals surface area contributed by atoms with Crippen LogP contribution in [0.3, 0.4) is 0 Å². The normalized spacial score (nSPS) is 35.1. The van der Waals surface area contributed by atoms with E-state index in [0.29, 0.717) is 11.3 Å². The van der Waals surface area contributed by atoms with Gasteiger partial charge in [-0.3, -0.25) is 0 Å². The van der Waals surface area contributed by atoms with Crippen LogP contribution in [0.4, 0.5) is 0 Å². The molecule has 76 valence electrons. The smallest absolute Gasteiger partial charge is 0.0545 e. The van der Waals surface area contributed by atoms with Gasteiger partial charge in [0.1, 0.15) is 0 Å². The molecule has 1 aliphatic carbocycles. The number of rotatable bonds is 1. The predicted octanol–water partition coefficient (Wildman–Crippen LogP) is 1.96. The fourth-order valence-electron chi connectivity index (χ4n) is 3.32.